The van der Waals surface area contributed by atoms with Crippen LogP contribution in [0.15, 0.2) is 12.7 Å². The molecule has 21 heavy (non-hydrogen) atoms. The van der Waals surface area contributed by atoms with E-state index in [1.165, 1.54) is 15.9 Å². The molecule has 0 aliphatic carbocycles. The van der Waals surface area contributed by atoms with Crippen molar-refractivity contribution in [3.05, 3.63) is 12.7 Å². The fourth-order valence-corrected chi connectivity index (χ4v) is 2.45. The van der Waals surface area contributed by atoms with Gasteiger partial charge in [0, 0.05) is 33.7 Å². The van der Waals surface area contributed by atoms with Crippen LogP contribution in [0.5, 0.6) is 0 Å². The number of hydrogen-bond donors (Lipinski definition) is 1. The lowest BCUT2D eigenvalue weighted by atomic mass is 9.96. The molecule has 1 atom stereocenters. The van der Waals surface area contributed by atoms with E-state index in [2.05, 4.69) is 6.58 Å². The summed E-state index contributed by atoms with van der Waals surface area (Å²) >= 11 is 0. The summed E-state index contributed by atoms with van der Waals surface area (Å²) in [5.74, 6) is -1.63. The molecule has 0 aromatic carbocycles. The summed E-state index contributed by atoms with van der Waals surface area (Å²) in [7, 11) is 3.34. The van der Waals surface area contributed by atoms with Gasteiger partial charge in [0.25, 0.3) is 0 Å². The number of carboxylic acids is 1. The van der Waals surface area contributed by atoms with Crippen LogP contribution in [-0.4, -0.2) is 78.0 Å². The van der Waals surface area contributed by atoms with Crippen molar-refractivity contribution in [2.75, 3.05) is 40.3 Å². The van der Waals surface area contributed by atoms with Crippen LogP contribution >= 0.6 is 0 Å². The monoisotopic (exact) mass is 297 g/mol. The number of piperidine rings is 1. The molecule has 0 spiro atoms. The molecule has 0 aromatic heterocycles. The number of amides is 3. The maximum atomic E-state index is 12.4. The van der Waals surface area contributed by atoms with Gasteiger partial charge in [-0.05, 0) is 12.8 Å². The van der Waals surface area contributed by atoms with Gasteiger partial charge in [-0.1, -0.05) is 6.08 Å². The smallest absolute Gasteiger partial charge is 0.323 e. The van der Waals surface area contributed by atoms with E-state index in [4.69, 9.17) is 5.11 Å². The van der Waals surface area contributed by atoms with Crippen LogP contribution < -0.4 is 0 Å². The third-order valence-electron chi connectivity index (χ3n) is 3.41. The standard InChI is InChI=1S/C14H23N3O4/c1-4-7-16(10-12(18)19)13(20)11-6-5-8-17(9-11)14(21)15(2)3/h4,11H,1,5-10H2,2-3H3,(H,18,19). The molecule has 1 saturated heterocycles. The fraction of sp³-hybridized carbons (Fsp3) is 0.643. The summed E-state index contributed by atoms with van der Waals surface area (Å²) < 4.78 is 0. The molecule has 7 nitrogen and oxygen atoms in total. The molecule has 1 fully saturated rings. The van der Waals surface area contributed by atoms with Gasteiger partial charge in [0.1, 0.15) is 6.54 Å². The zero-order chi connectivity index (χ0) is 16.0. The summed E-state index contributed by atoms with van der Waals surface area (Å²) in [6.07, 6.45) is 2.92. The Morgan fingerprint density at radius 3 is 2.57 bits per heavy atom. The maximum absolute atomic E-state index is 12.4. The lowest BCUT2D eigenvalue weighted by molar-refractivity contribution is -0.146. The van der Waals surface area contributed by atoms with E-state index in [1.807, 2.05) is 0 Å². The van der Waals surface area contributed by atoms with E-state index in [0.29, 0.717) is 19.5 Å². The third kappa shape index (κ3) is 4.77. The number of urea groups is 1. The summed E-state index contributed by atoms with van der Waals surface area (Å²) in [6, 6.07) is -0.124. The van der Waals surface area contributed by atoms with Crippen LogP contribution in [0, 0.1) is 5.92 Å². The maximum Gasteiger partial charge on any atom is 0.323 e. The van der Waals surface area contributed by atoms with E-state index in [1.54, 1.807) is 19.0 Å². The Morgan fingerprint density at radius 1 is 1.38 bits per heavy atom. The average Bonchev–Trinajstić information content (AvgIpc) is 2.44. The normalized spacial score (nSPS) is 18.0. The zero-order valence-corrected chi connectivity index (χ0v) is 12.6. The van der Waals surface area contributed by atoms with Crippen molar-refractivity contribution in [1.29, 1.82) is 0 Å². The highest BCUT2D eigenvalue weighted by Crippen LogP contribution is 2.19. The molecule has 0 saturated carbocycles. The molecule has 3 amide bonds. The zero-order valence-electron chi connectivity index (χ0n) is 12.6. The summed E-state index contributed by atoms with van der Waals surface area (Å²) in [4.78, 5) is 39.6. The van der Waals surface area contributed by atoms with Gasteiger partial charge in [0.2, 0.25) is 5.91 Å². The van der Waals surface area contributed by atoms with Crippen LogP contribution in [0.4, 0.5) is 4.79 Å². The molecule has 7 heteroatoms. The molecule has 1 unspecified atom stereocenters. The van der Waals surface area contributed by atoms with Gasteiger partial charge in [0.15, 0.2) is 0 Å². The van der Waals surface area contributed by atoms with E-state index >= 15 is 0 Å². The first-order valence-corrected chi connectivity index (χ1v) is 6.94. The highest BCUT2D eigenvalue weighted by atomic mass is 16.4. The molecule has 1 aliphatic heterocycles. The highest BCUT2D eigenvalue weighted by molar-refractivity contribution is 5.84. The predicted octanol–water partition coefficient (Wildman–Crippen LogP) is 0.479. The summed E-state index contributed by atoms with van der Waals surface area (Å²) in [5.41, 5.74) is 0. The predicted molar refractivity (Wildman–Crippen MR) is 77.8 cm³/mol. The molecule has 1 rings (SSSR count). The second-order valence-electron chi connectivity index (χ2n) is 5.36. The molecular formula is C14H23N3O4. The van der Waals surface area contributed by atoms with Crippen LogP contribution in [0.25, 0.3) is 0 Å². The van der Waals surface area contributed by atoms with Crippen molar-refractivity contribution < 1.29 is 19.5 Å². The van der Waals surface area contributed by atoms with Gasteiger partial charge in [0.05, 0.1) is 5.92 Å². The van der Waals surface area contributed by atoms with Crippen LogP contribution in [-0.2, 0) is 9.59 Å². The Kier molecular flexibility index (Phi) is 6.20. The average molecular weight is 297 g/mol. The molecule has 0 bridgehead atoms. The van der Waals surface area contributed by atoms with Crippen molar-refractivity contribution in [2.45, 2.75) is 12.8 Å². The molecule has 1 aliphatic rings. The molecule has 1 N–H and O–H groups in total. The van der Waals surface area contributed by atoms with Gasteiger partial charge in [-0.2, -0.15) is 0 Å². The first kappa shape index (κ1) is 17.0. The number of nitrogens with zero attached hydrogens (tertiary/aromatic N) is 3. The van der Waals surface area contributed by atoms with Crippen LogP contribution in [0.3, 0.4) is 0 Å². The topological polar surface area (TPSA) is 81.2 Å². The van der Waals surface area contributed by atoms with Gasteiger partial charge in [-0.25, -0.2) is 4.79 Å². The Balaban J connectivity index is 2.73. The van der Waals surface area contributed by atoms with Crippen LogP contribution in [0.2, 0.25) is 0 Å². The minimum Gasteiger partial charge on any atom is -0.480 e. The van der Waals surface area contributed by atoms with E-state index in [-0.39, 0.29) is 30.9 Å². The summed E-state index contributed by atoms with van der Waals surface area (Å²) in [6.45, 7) is 4.36. The lowest BCUT2D eigenvalue weighted by Gasteiger charge is -2.35. The molecule has 1 heterocycles. The Labute approximate surface area is 124 Å². The minimum atomic E-state index is -1.05. The number of carboxylic acid groups (broad SMARTS) is 1. The largest absolute Gasteiger partial charge is 0.480 e. The van der Waals surface area contributed by atoms with Crippen molar-refractivity contribution in [1.82, 2.24) is 14.7 Å². The number of aliphatic carboxylic acids is 1. The Morgan fingerprint density at radius 2 is 2.05 bits per heavy atom. The second kappa shape index (κ2) is 7.66. The molecule has 0 aromatic rings. The van der Waals surface area contributed by atoms with E-state index in [9.17, 15) is 14.4 Å². The third-order valence-corrected chi connectivity index (χ3v) is 3.41. The van der Waals surface area contributed by atoms with Gasteiger partial charge in [-0.3, -0.25) is 9.59 Å². The van der Waals surface area contributed by atoms with E-state index < -0.39 is 5.97 Å². The van der Waals surface area contributed by atoms with Crippen molar-refractivity contribution in [3.63, 3.8) is 0 Å². The van der Waals surface area contributed by atoms with Gasteiger partial charge in [-0.15, -0.1) is 6.58 Å². The van der Waals surface area contributed by atoms with Crippen LogP contribution in [0.1, 0.15) is 12.8 Å². The molecular weight excluding hydrogens is 274 g/mol. The SMILES string of the molecule is C=CCN(CC(=O)O)C(=O)C1CCCN(C(=O)N(C)C)C1. The van der Waals surface area contributed by atoms with Gasteiger partial charge < -0.3 is 19.8 Å². The first-order valence-electron chi connectivity index (χ1n) is 6.94. The van der Waals surface area contributed by atoms with Gasteiger partial charge >= 0.3 is 12.0 Å². The number of likely N-dealkylation sites (tertiary alicyclic amines) is 1. The Hall–Kier alpha value is -2.05. The fourth-order valence-electron chi connectivity index (χ4n) is 2.45. The van der Waals surface area contributed by atoms with Crippen molar-refractivity contribution in [3.8, 4) is 0 Å². The second-order valence-corrected chi connectivity index (χ2v) is 5.36. The minimum absolute atomic E-state index is 0.124. The Bertz CT molecular complexity index is 422. The molecule has 118 valence electrons. The number of hydrogen-bond acceptors (Lipinski definition) is 3. The first-order chi connectivity index (χ1) is 9.86. The molecule has 0 radical (unpaired) electrons. The lowest BCUT2D eigenvalue weighted by Crippen LogP contribution is -2.50. The summed E-state index contributed by atoms with van der Waals surface area (Å²) in [5, 5.41) is 8.87. The van der Waals surface area contributed by atoms with E-state index in [0.717, 1.165) is 6.42 Å². The quantitative estimate of drug-likeness (QED) is 0.748. The number of carbonyl (C=O) groups excluding carboxylic acids is 2. The van der Waals surface area contributed by atoms with Crippen molar-refractivity contribution in [2.24, 2.45) is 5.92 Å². The number of rotatable bonds is 5. The number of carbonyl (C=O) groups is 3. The van der Waals surface area contributed by atoms with Crippen molar-refractivity contribution >= 4 is 17.9 Å². The highest BCUT2D eigenvalue weighted by Gasteiger charge is 2.32.